The van der Waals surface area contributed by atoms with Crippen molar-refractivity contribution < 1.29 is 24.5 Å². The van der Waals surface area contributed by atoms with E-state index >= 15 is 0 Å². The number of unbranched alkanes of at least 4 members (excludes halogenated alkanes) is 50. The number of carbonyl (C=O) groups is 2. The summed E-state index contributed by atoms with van der Waals surface area (Å²) in [6, 6.07) is -0.624. The predicted octanol–water partition coefficient (Wildman–Crippen LogP) is 22.3. The lowest BCUT2D eigenvalue weighted by atomic mass is 10.0. The number of hydrogen-bond donors (Lipinski definition) is 3. The standard InChI is InChI=1S/C71H135NO5/c1-3-5-7-9-11-13-15-17-18-19-34-37-41-45-49-53-57-61-65-71(76)77-66-62-58-54-50-46-42-38-35-32-30-28-26-24-22-20-21-23-25-27-29-31-33-36-40-44-48-52-56-60-64-70(75)72-68(67-73)69(74)63-59-55-51-47-43-39-16-14-12-10-8-6-4-2/h13,15,18-19,59,63,68-69,73-74H,3-12,14,16-17,20-58,60-62,64-67H2,1-2H3,(H,72,75)/b15-13-,19-18-,63-59+. The monoisotopic (exact) mass is 1080 g/mol. The fourth-order valence-electron chi connectivity index (χ4n) is 10.8. The fourth-order valence-corrected chi connectivity index (χ4v) is 10.8. The van der Waals surface area contributed by atoms with Crippen molar-refractivity contribution in [1.82, 2.24) is 5.32 Å². The second-order valence-corrected chi connectivity index (χ2v) is 23.9. The number of allylic oxidation sites excluding steroid dienone is 5. The fraction of sp³-hybridized carbons (Fsp3) is 0.887. The summed E-state index contributed by atoms with van der Waals surface area (Å²) in [5, 5.41) is 23.1. The van der Waals surface area contributed by atoms with Gasteiger partial charge in [0.2, 0.25) is 5.91 Å². The average Bonchev–Trinajstić information content (AvgIpc) is 3.43. The molecule has 2 unspecified atom stereocenters. The van der Waals surface area contributed by atoms with E-state index in [1.807, 2.05) is 6.08 Å². The van der Waals surface area contributed by atoms with Crippen molar-refractivity contribution in [2.75, 3.05) is 13.2 Å². The molecule has 0 aliphatic rings. The largest absolute Gasteiger partial charge is 0.466 e. The number of esters is 1. The molecule has 6 nitrogen and oxygen atoms in total. The molecule has 1 amide bonds. The summed E-state index contributed by atoms with van der Waals surface area (Å²) in [4.78, 5) is 24.6. The number of nitrogens with one attached hydrogen (secondary N) is 1. The van der Waals surface area contributed by atoms with E-state index in [0.29, 0.717) is 19.4 Å². The number of aliphatic hydroxyl groups is 2. The topological polar surface area (TPSA) is 95.9 Å². The van der Waals surface area contributed by atoms with Gasteiger partial charge >= 0.3 is 5.97 Å². The highest BCUT2D eigenvalue weighted by molar-refractivity contribution is 5.76. The quantitative estimate of drug-likeness (QED) is 0.0320. The zero-order chi connectivity index (χ0) is 55.7. The number of amides is 1. The van der Waals surface area contributed by atoms with E-state index in [0.717, 1.165) is 51.4 Å². The minimum atomic E-state index is -0.841. The van der Waals surface area contributed by atoms with Gasteiger partial charge in [0, 0.05) is 12.8 Å². The summed E-state index contributed by atoms with van der Waals surface area (Å²) in [5.41, 5.74) is 0. The van der Waals surface area contributed by atoms with Crippen molar-refractivity contribution in [2.45, 2.75) is 392 Å². The summed E-state index contributed by atoms with van der Waals surface area (Å²) in [6.45, 7) is 4.91. The van der Waals surface area contributed by atoms with Crippen LogP contribution in [0.5, 0.6) is 0 Å². The van der Waals surface area contributed by atoms with Crippen LogP contribution in [0.25, 0.3) is 0 Å². The van der Waals surface area contributed by atoms with E-state index in [1.165, 1.54) is 302 Å². The second kappa shape index (κ2) is 66.6. The number of hydrogen-bond acceptors (Lipinski definition) is 5. The van der Waals surface area contributed by atoms with Crippen LogP contribution < -0.4 is 5.32 Å². The molecule has 77 heavy (non-hydrogen) atoms. The number of carbonyl (C=O) groups excluding carboxylic acids is 2. The minimum Gasteiger partial charge on any atom is -0.466 e. The number of aliphatic hydroxyl groups excluding tert-OH is 2. The van der Waals surface area contributed by atoms with E-state index in [1.54, 1.807) is 6.08 Å². The summed E-state index contributed by atoms with van der Waals surface area (Å²) < 4.78 is 5.50. The normalized spacial score (nSPS) is 12.7. The van der Waals surface area contributed by atoms with Gasteiger partial charge in [0.15, 0.2) is 0 Å². The molecule has 0 aromatic heterocycles. The summed E-state index contributed by atoms with van der Waals surface area (Å²) in [6.07, 6.45) is 85.1. The third kappa shape index (κ3) is 63.1. The zero-order valence-corrected chi connectivity index (χ0v) is 52.0. The first-order chi connectivity index (χ1) is 38.0. The van der Waals surface area contributed by atoms with Crippen LogP contribution in [0.1, 0.15) is 380 Å². The van der Waals surface area contributed by atoms with Crippen LogP contribution in [-0.2, 0) is 14.3 Å². The van der Waals surface area contributed by atoms with Gasteiger partial charge in [0.1, 0.15) is 0 Å². The first kappa shape index (κ1) is 75.1. The predicted molar refractivity (Wildman–Crippen MR) is 338 cm³/mol. The van der Waals surface area contributed by atoms with E-state index in [-0.39, 0.29) is 18.5 Å². The highest BCUT2D eigenvalue weighted by atomic mass is 16.5. The molecule has 0 rings (SSSR count). The van der Waals surface area contributed by atoms with E-state index in [4.69, 9.17) is 4.74 Å². The maximum Gasteiger partial charge on any atom is 0.305 e. The first-order valence-electron chi connectivity index (χ1n) is 34.8. The molecule has 0 aliphatic heterocycles. The van der Waals surface area contributed by atoms with Crippen molar-refractivity contribution in [3.8, 4) is 0 Å². The molecule has 6 heteroatoms. The first-order valence-corrected chi connectivity index (χ1v) is 34.8. The highest BCUT2D eigenvalue weighted by Crippen LogP contribution is 2.18. The van der Waals surface area contributed by atoms with Gasteiger partial charge in [-0.2, -0.15) is 0 Å². The molecule has 2 atom stereocenters. The summed E-state index contributed by atoms with van der Waals surface area (Å²) in [5.74, 6) is -0.0513. The van der Waals surface area contributed by atoms with Gasteiger partial charge in [0.05, 0.1) is 25.4 Å². The van der Waals surface area contributed by atoms with Crippen molar-refractivity contribution in [3.05, 3.63) is 36.5 Å². The van der Waals surface area contributed by atoms with Crippen LogP contribution in [0.15, 0.2) is 36.5 Å². The molecule has 0 aromatic rings. The SMILES string of the molecule is CCCCCC/C=C\C/C=C\CCCCCCCCCC(=O)OCCCCCCCCCCCCCCCCCCCCCCCCCCCCCCCC(=O)NC(CO)C(O)/C=C/CCCCCCCCCCCCC. The molecule has 454 valence electrons. The third-order valence-electron chi connectivity index (χ3n) is 16.2. The van der Waals surface area contributed by atoms with Gasteiger partial charge in [0.25, 0.3) is 0 Å². The van der Waals surface area contributed by atoms with Crippen LogP contribution in [0, 0.1) is 0 Å². The van der Waals surface area contributed by atoms with Gasteiger partial charge in [-0.15, -0.1) is 0 Å². The molecular formula is C71H135NO5. The Kier molecular flexibility index (Phi) is 64.9. The van der Waals surface area contributed by atoms with Crippen molar-refractivity contribution in [2.24, 2.45) is 0 Å². The van der Waals surface area contributed by atoms with Crippen molar-refractivity contribution in [1.29, 1.82) is 0 Å². The Hall–Kier alpha value is -1.92. The summed E-state index contributed by atoms with van der Waals surface area (Å²) in [7, 11) is 0. The Bertz CT molecular complexity index is 1250. The number of ether oxygens (including phenoxy) is 1. The molecule has 0 saturated heterocycles. The van der Waals surface area contributed by atoms with E-state index in [9.17, 15) is 19.8 Å². The lowest BCUT2D eigenvalue weighted by Gasteiger charge is -2.20. The summed E-state index contributed by atoms with van der Waals surface area (Å²) >= 11 is 0. The lowest BCUT2D eigenvalue weighted by molar-refractivity contribution is -0.143. The minimum absolute atomic E-state index is 0.0121. The van der Waals surface area contributed by atoms with Gasteiger partial charge in [-0.1, -0.05) is 339 Å². The maximum absolute atomic E-state index is 12.5. The van der Waals surface area contributed by atoms with E-state index in [2.05, 4.69) is 43.5 Å². The molecule has 0 saturated carbocycles. The van der Waals surface area contributed by atoms with Crippen LogP contribution in [0.3, 0.4) is 0 Å². The Balaban J connectivity index is 3.34. The average molecular weight is 1080 g/mol. The molecule has 0 bridgehead atoms. The molecule has 0 fully saturated rings. The van der Waals surface area contributed by atoms with Gasteiger partial charge in [-0.25, -0.2) is 0 Å². The molecule has 0 aromatic carbocycles. The Morgan fingerprint density at radius 3 is 1.00 bits per heavy atom. The Morgan fingerprint density at radius 1 is 0.364 bits per heavy atom. The third-order valence-corrected chi connectivity index (χ3v) is 16.2. The maximum atomic E-state index is 12.5. The Labute approximate surface area is 481 Å². The molecular weight excluding hydrogens is 947 g/mol. The molecule has 0 heterocycles. The van der Waals surface area contributed by atoms with Crippen LogP contribution >= 0.6 is 0 Å². The van der Waals surface area contributed by atoms with Crippen molar-refractivity contribution in [3.63, 3.8) is 0 Å². The van der Waals surface area contributed by atoms with Crippen LogP contribution in [0.2, 0.25) is 0 Å². The van der Waals surface area contributed by atoms with Gasteiger partial charge < -0.3 is 20.3 Å². The van der Waals surface area contributed by atoms with Crippen LogP contribution in [0.4, 0.5) is 0 Å². The van der Waals surface area contributed by atoms with Crippen molar-refractivity contribution >= 4 is 11.9 Å². The van der Waals surface area contributed by atoms with Gasteiger partial charge in [-0.05, 0) is 64.2 Å². The second-order valence-electron chi connectivity index (χ2n) is 23.9. The zero-order valence-electron chi connectivity index (χ0n) is 52.0. The van der Waals surface area contributed by atoms with Gasteiger partial charge in [-0.3, -0.25) is 9.59 Å². The molecule has 0 radical (unpaired) electrons. The number of rotatable bonds is 65. The van der Waals surface area contributed by atoms with E-state index < -0.39 is 12.1 Å². The molecule has 0 aliphatic carbocycles. The van der Waals surface area contributed by atoms with Crippen LogP contribution in [-0.4, -0.2) is 47.4 Å². The molecule has 0 spiro atoms. The smallest absolute Gasteiger partial charge is 0.305 e. The highest BCUT2D eigenvalue weighted by Gasteiger charge is 2.18. The Morgan fingerprint density at radius 2 is 0.649 bits per heavy atom. The molecule has 3 N–H and O–H groups in total. The lowest BCUT2D eigenvalue weighted by Crippen LogP contribution is -2.45.